The smallest absolute Gasteiger partial charge is 0.237 e. The zero-order valence-corrected chi connectivity index (χ0v) is 13.2. The van der Waals surface area contributed by atoms with Crippen molar-refractivity contribution >= 4 is 5.91 Å². The Balaban J connectivity index is 1.58. The highest BCUT2D eigenvalue weighted by Crippen LogP contribution is 2.38. The maximum Gasteiger partial charge on any atom is 0.237 e. The van der Waals surface area contributed by atoms with Gasteiger partial charge in [-0.1, -0.05) is 19.3 Å². The van der Waals surface area contributed by atoms with Crippen molar-refractivity contribution < 1.29 is 4.79 Å². The predicted octanol–water partition coefficient (Wildman–Crippen LogP) is 2.01. The van der Waals surface area contributed by atoms with E-state index >= 15 is 0 Å². The van der Waals surface area contributed by atoms with E-state index in [1.54, 1.807) is 0 Å². The standard InChI is InChI=1S/C17H31N3O/c18-16(21)17(19)10-3-7-14(17)9-12-20-11-4-6-13-5-1-2-8-15(13)20/h13-15H,1-12,19H2,(H2,18,21)/t13-,14?,15-,17?/m1/s1. The molecule has 120 valence electrons. The average molecular weight is 293 g/mol. The number of piperidine rings is 1. The van der Waals surface area contributed by atoms with Crippen LogP contribution in [0.2, 0.25) is 0 Å². The van der Waals surface area contributed by atoms with Crippen LogP contribution in [0.15, 0.2) is 0 Å². The van der Waals surface area contributed by atoms with E-state index in [1.807, 2.05) is 0 Å². The summed E-state index contributed by atoms with van der Waals surface area (Å²) in [7, 11) is 0. The molecule has 4 N–H and O–H groups in total. The molecule has 1 amide bonds. The molecule has 1 aliphatic heterocycles. The van der Waals surface area contributed by atoms with Gasteiger partial charge < -0.3 is 16.4 Å². The predicted molar refractivity (Wildman–Crippen MR) is 84.6 cm³/mol. The van der Waals surface area contributed by atoms with Crippen molar-refractivity contribution in [1.82, 2.24) is 4.90 Å². The third-order valence-corrected chi connectivity index (χ3v) is 6.45. The number of nitrogens with zero attached hydrogens (tertiary/aromatic N) is 1. The van der Waals surface area contributed by atoms with Crippen LogP contribution in [0.1, 0.15) is 64.2 Å². The van der Waals surface area contributed by atoms with Crippen molar-refractivity contribution in [3.8, 4) is 0 Å². The van der Waals surface area contributed by atoms with E-state index in [2.05, 4.69) is 4.90 Å². The molecule has 1 heterocycles. The minimum Gasteiger partial charge on any atom is -0.368 e. The van der Waals surface area contributed by atoms with E-state index < -0.39 is 5.54 Å². The number of likely N-dealkylation sites (tertiary alicyclic amines) is 1. The SMILES string of the molecule is NC(=O)C1(N)CCCC1CCN1CCC[C@H]2CCCC[C@H]21. The molecule has 1 saturated heterocycles. The maximum atomic E-state index is 11.7. The second kappa shape index (κ2) is 6.25. The van der Waals surface area contributed by atoms with E-state index in [0.29, 0.717) is 5.92 Å². The second-order valence-electron chi connectivity index (χ2n) is 7.57. The molecule has 0 radical (unpaired) electrons. The molecule has 2 unspecified atom stereocenters. The van der Waals surface area contributed by atoms with E-state index in [0.717, 1.165) is 44.2 Å². The van der Waals surface area contributed by atoms with Crippen LogP contribution in [0.25, 0.3) is 0 Å². The summed E-state index contributed by atoms with van der Waals surface area (Å²) in [6, 6.07) is 0.801. The molecule has 0 aromatic rings. The van der Waals surface area contributed by atoms with Crippen LogP contribution >= 0.6 is 0 Å². The monoisotopic (exact) mass is 293 g/mol. The minimum absolute atomic E-state index is 0.291. The lowest BCUT2D eigenvalue weighted by molar-refractivity contribution is -0.124. The van der Waals surface area contributed by atoms with E-state index in [1.165, 1.54) is 45.1 Å². The summed E-state index contributed by atoms with van der Waals surface area (Å²) in [5.41, 5.74) is 11.1. The highest BCUT2D eigenvalue weighted by Gasteiger charge is 2.44. The van der Waals surface area contributed by atoms with E-state index in [4.69, 9.17) is 11.5 Å². The first kappa shape index (κ1) is 15.3. The first-order chi connectivity index (χ1) is 10.1. The van der Waals surface area contributed by atoms with Gasteiger partial charge in [-0.2, -0.15) is 0 Å². The summed E-state index contributed by atoms with van der Waals surface area (Å²) >= 11 is 0. The van der Waals surface area contributed by atoms with Crippen molar-refractivity contribution in [3.63, 3.8) is 0 Å². The normalized spacial score (nSPS) is 40.9. The number of carbonyl (C=O) groups excluding carboxylic acids is 1. The molecular weight excluding hydrogens is 262 g/mol. The molecule has 0 aromatic carbocycles. The van der Waals surface area contributed by atoms with Gasteiger partial charge in [0.15, 0.2) is 0 Å². The molecule has 2 saturated carbocycles. The maximum absolute atomic E-state index is 11.7. The number of amides is 1. The molecular formula is C17H31N3O. The number of carbonyl (C=O) groups is 1. The minimum atomic E-state index is -0.734. The van der Waals surface area contributed by atoms with Crippen LogP contribution in [0.4, 0.5) is 0 Å². The molecule has 4 heteroatoms. The average Bonchev–Trinajstić information content (AvgIpc) is 2.87. The topological polar surface area (TPSA) is 72.3 Å². The Morgan fingerprint density at radius 1 is 1.10 bits per heavy atom. The van der Waals surface area contributed by atoms with E-state index in [9.17, 15) is 4.79 Å². The zero-order valence-electron chi connectivity index (χ0n) is 13.2. The van der Waals surface area contributed by atoms with Crippen LogP contribution in [0.3, 0.4) is 0 Å². The molecule has 0 aromatic heterocycles. The Morgan fingerprint density at radius 3 is 2.67 bits per heavy atom. The van der Waals surface area contributed by atoms with Gasteiger partial charge in [0.2, 0.25) is 5.91 Å². The Bertz CT molecular complexity index is 384. The van der Waals surface area contributed by atoms with Gasteiger partial charge in [0.25, 0.3) is 0 Å². The van der Waals surface area contributed by atoms with Gasteiger partial charge in [-0.25, -0.2) is 0 Å². The third kappa shape index (κ3) is 2.98. The summed E-state index contributed by atoms with van der Waals surface area (Å²) in [6.07, 6.45) is 12.3. The number of hydrogen-bond acceptors (Lipinski definition) is 3. The van der Waals surface area contributed by atoms with Gasteiger partial charge in [-0.15, -0.1) is 0 Å². The largest absolute Gasteiger partial charge is 0.368 e. The van der Waals surface area contributed by atoms with Gasteiger partial charge in [0, 0.05) is 6.04 Å². The lowest BCUT2D eigenvalue weighted by atomic mass is 9.78. The number of fused-ring (bicyclic) bond motifs is 1. The first-order valence-electron chi connectivity index (χ1n) is 8.94. The fraction of sp³-hybridized carbons (Fsp3) is 0.941. The number of nitrogens with two attached hydrogens (primary N) is 2. The van der Waals surface area contributed by atoms with Crippen molar-refractivity contribution in [3.05, 3.63) is 0 Å². The first-order valence-corrected chi connectivity index (χ1v) is 8.94. The molecule has 0 bridgehead atoms. The Labute approximate surface area is 128 Å². The molecule has 3 rings (SSSR count). The summed E-state index contributed by atoms with van der Waals surface area (Å²) < 4.78 is 0. The third-order valence-electron chi connectivity index (χ3n) is 6.45. The molecule has 4 atom stereocenters. The highest BCUT2D eigenvalue weighted by molar-refractivity contribution is 5.85. The second-order valence-corrected chi connectivity index (χ2v) is 7.57. The van der Waals surface area contributed by atoms with Crippen molar-refractivity contribution in [2.45, 2.75) is 75.8 Å². The number of primary amides is 1. The van der Waals surface area contributed by atoms with Gasteiger partial charge in [0.05, 0.1) is 5.54 Å². The summed E-state index contributed by atoms with van der Waals surface area (Å²) in [4.78, 5) is 14.4. The van der Waals surface area contributed by atoms with Crippen LogP contribution in [-0.2, 0) is 4.79 Å². The van der Waals surface area contributed by atoms with Crippen LogP contribution in [0, 0.1) is 11.8 Å². The summed E-state index contributed by atoms with van der Waals surface area (Å²) in [6.45, 7) is 2.35. The molecule has 3 fully saturated rings. The Kier molecular flexibility index (Phi) is 4.55. The van der Waals surface area contributed by atoms with Gasteiger partial charge in [-0.3, -0.25) is 4.79 Å². The summed E-state index contributed by atoms with van der Waals surface area (Å²) in [5.74, 6) is 0.924. The van der Waals surface area contributed by atoms with Gasteiger partial charge in [-0.05, 0) is 69.9 Å². The lowest BCUT2D eigenvalue weighted by Crippen LogP contribution is -2.55. The number of hydrogen-bond donors (Lipinski definition) is 2. The Hall–Kier alpha value is -0.610. The number of rotatable bonds is 4. The molecule has 0 spiro atoms. The fourth-order valence-electron chi connectivity index (χ4n) is 5.16. The van der Waals surface area contributed by atoms with Gasteiger partial charge in [0.1, 0.15) is 0 Å². The van der Waals surface area contributed by atoms with E-state index in [-0.39, 0.29) is 5.91 Å². The highest BCUT2D eigenvalue weighted by atomic mass is 16.1. The quantitative estimate of drug-likeness (QED) is 0.833. The zero-order chi connectivity index (χ0) is 14.9. The van der Waals surface area contributed by atoms with Gasteiger partial charge >= 0.3 is 0 Å². The van der Waals surface area contributed by atoms with Crippen molar-refractivity contribution in [2.24, 2.45) is 23.3 Å². The van der Waals surface area contributed by atoms with Crippen LogP contribution < -0.4 is 11.5 Å². The molecule has 4 nitrogen and oxygen atoms in total. The van der Waals surface area contributed by atoms with Crippen LogP contribution in [-0.4, -0.2) is 35.5 Å². The van der Waals surface area contributed by atoms with Crippen molar-refractivity contribution in [2.75, 3.05) is 13.1 Å². The fourth-order valence-corrected chi connectivity index (χ4v) is 5.16. The molecule has 3 aliphatic rings. The lowest BCUT2D eigenvalue weighted by Gasteiger charge is -2.45. The molecule has 2 aliphatic carbocycles. The van der Waals surface area contributed by atoms with Crippen molar-refractivity contribution in [1.29, 1.82) is 0 Å². The Morgan fingerprint density at radius 2 is 1.86 bits per heavy atom. The summed E-state index contributed by atoms with van der Waals surface area (Å²) in [5, 5.41) is 0. The molecule has 21 heavy (non-hydrogen) atoms. The van der Waals surface area contributed by atoms with Crippen LogP contribution in [0.5, 0.6) is 0 Å².